The summed E-state index contributed by atoms with van der Waals surface area (Å²) < 4.78 is 32.8. The van der Waals surface area contributed by atoms with Crippen molar-refractivity contribution in [1.82, 2.24) is 23.6 Å². The Morgan fingerprint density at radius 1 is 1.14 bits per heavy atom. The van der Waals surface area contributed by atoms with Crippen LogP contribution in [0.4, 0.5) is 5.69 Å². The molecule has 1 fully saturated rings. The molecular weight excluding hydrogens is 488 g/mol. The van der Waals surface area contributed by atoms with Crippen LogP contribution in [0.15, 0.2) is 32.9 Å². The number of ether oxygens (including phenoxy) is 1. The fourth-order valence-electron chi connectivity index (χ4n) is 4.07. The number of benzene rings is 1. The van der Waals surface area contributed by atoms with Crippen LogP contribution >= 0.6 is 0 Å². The second-order valence-electron chi connectivity index (χ2n) is 8.58. The molecule has 1 saturated heterocycles. The van der Waals surface area contributed by atoms with Crippen LogP contribution in [-0.2, 0) is 35.2 Å². The molecule has 0 unspecified atom stereocenters. The summed E-state index contributed by atoms with van der Waals surface area (Å²) >= 11 is 0. The minimum absolute atomic E-state index is 0.0107. The lowest BCUT2D eigenvalue weighted by molar-refractivity contribution is 0.0398. The fraction of sp³-hybridized carbons (Fsp3) is 0.435. The van der Waals surface area contributed by atoms with Crippen LogP contribution in [0.25, 0.3) is 11.2 Å². The van der Waals surface area contributed by atoms with E-state index in [1.54, 1.807) is 12.1 Å². The summed E-state index contributed by atoms with van der Waals surface area (Å²) in [6.07, 6.45) is 0.982. The molecule has 1 aliphatic rings. The van der Waals surface area contributed by atoms with E-state index >= 15 is 0 Å². The Morgan fingerprint density at radius 2 is 1.86 bits per heavy atom. The maximum atomic E-state index is 12.8. The number of rotatable bonds is 6. The summed E-state index contributed by atoms with van der Waals surface area (Å²) in [7, 11) is -1.01. The molecule has 0 radical (unpaired) electrons. The van der Waals surface area contributed by atoms with Crippen molar-refractivity contribution >= 4 is 26.7 Å². The van der Waals surface area contributed by atoms with Gasteiger partial charge in [-0.25, -0.2) is 13.2 Å². The van der Waals surface area contributed by atoms with Gasteiger partial charge in [-0.1, -0.05) is 11.8 Å². The summed E-state index contributed by atoms with van der Waals surface area (Å²) in [4.78, 5) is 31.8. The fourth-order valence-corrected chi connectivity index (χ4v) is 4.91. The number of nitrogens with one attached hydrogen (secondary N) is 1. The number of morpholine rings is 1. The molecule has 3 heterocycles. The number of fused-ring (bicyclic) bond motifs is 1. The number of anilines is 1. The average molecular weight is 517 g/mol. The Balaban J connectivity index is 1.59. The first-order chi connectivity index (χ1) is 17.1. The van der Waals surface area contributed by atoms with Crippen molar-refractivity contribution in [3.8, 4) is 17.6 Å². The topological polar surface area (TPSA) is 141 Å². The van der Waals surface area contributed by atoms with Crippen LogP contribution in [0.2, 0.25) is 0 Å². The third-order valence-corrected chi connectivity index (χ3v) is 6.93. The first-order valence-corrected chi connectivity index (χ1v) is 13.2. The molecule has 3 aromatic rings. The summed E-state index contributed by atoms with van der Waals surface area (Å²) in [5.74, 6) is 5.82. The third-order valence-electron chi connectivity index (χ3n) is 5.90. The van der Waals surface area contributed by atoms with Gasteiger partial charge in [0, 0.05) is 63.8 Å². The smallest absolute Gasteiger partial charge is 0.333 e. The minimum atomic E-state index is -3.73. The molecule has 0 amide bonds. The molecular formula is C23H28N6O6S. The van der Waals surface area contributed by atoms with Crippen molar-refractivity contribution in [3.63, 3.8) is 0 Å². The van der Waals surface area contributed by atoms with E-state index in [1.165, 1.54) is 24.7 Å². The Kier molecular flexibility index (Phi) is 7.21. The van der Waals surface area contributed by atoms with Gasteiger partial charge in [0.05, 0.1) is 19.8 Å². The zero-order valence-electron chi connectivity index (χ0n) is 20.3. The van der Waals surface area contributed by atoms with Crippen LogP contribution in [0.3, 0.4) is 0 Å². The van der Waals surface area contributed by atoms with Gasteiger partial charge in [0.1, 0.15) is 5.75 Å². The lowest BCUT2D eigenvalue weighted by Crippen LogP contribution is -2.39. The van der Waals surface area contributed by atoms with Crippen LogP contribution in [-0.4, -0.2) is 82.8 Å². The maximum absolute atomic E-state index is 12.8. The molecule has 36 heavy (non-hydrogen) atoms. The van der Waals surface area contributed by atoms with E-state index in [4.69, 9.17) is 4.74 Å². The lowest BCUT2D eigenvalue weighted by atomic mass is 10.2. The van der Waals surface area contributed by atoms with Crippen molar-refractivity contribution in [3.05, 3.63) is 44.6 Å². The van der Waals surface area contributed by atoms with Crippen LogP contribution in [0.5, 0.6) is 5.75 Å². The first kappa shape index (κ1) is 25.5. The van der Waals surface area contributed by atoms with Gasteiger partial charge in [0.15, 0.2) is 11.2 Å². The normalized spacial score (nSPS) is 14.5. The van der Waals surface area contributed by atoms with E-state index in [-0.39, 0.29) is 28.6 Å². The first-order valence-electron chi connectivity index (χ1n) is 11.3. The molecule has 0 aliphatic carbocycles. The highest BCUT2D eigenvalue weighted by atomic mass is 32.2. The Labute approximate surface area is 207 Å². The molecule has 13 heteroatoms. The van der Waals surface area contributed by atoms with Gasteiger partial charge >= 0.3 is 5.69 Å². The van der Waals surface area contributed by atoms with E-state index in [9.17, 15) is 23.1 Å². The quantitative estimate of drug-likeness (QED) is 0.409. The predicted octanol–water partition coefficient (Wildman–Crippen LogP) is -0.661. The van der Waals surface area contributed by atoms with Crippen molar-refractivity contribution in [2.24, 2.45) is 14.1 Å². The molecule has 1 aliphatic heterocycles. The SMILES string of the molecule is Cn1c(=O)c2c(nc(S(C)(=O)=O)n2C)n(CC#Cc2cc(O)cc(NCCN3CCOCC3)c2)c1=O. The standard InChI is InChI=1S/C23H28N6O6S/c1-26-19-20(25-22(26)36(3,33)34)29(23(32)27(2)21(19)31)7-4-5-16-13-17(15-18(30)14-16)24-6-8-28-9-11-35-12-10-28/h13-15,24,30H,6-12H2,1-3H3. The third kappa shape index (κ3) is 5.30. The predicted molar refractivity (Wildman–Crippen MR) is 134 cm³/mol. The van der Waals surface area contributed by atoms with Crippen molar-refractivity contribution < 1.29 is 18.3 Å². The van der Waals surface area contributed by atoms with E-state index in [0.717, 1.165) is 48.2 Å². The van der Waals surface area contributed by atoms with Gasteiger partial charge in [-0.15, -0.1) is 0 Å². The number of aromatic nitrogens is 4. The van der Waals surface area contributed by atoms with Gasteiger partial charge in [0.2, 0.25) is 15.0 Å². The average Bonchev–Trinajstić information content (AvgIpc) is 3.18. The Morgan fingerprint density at radius 3 is 2.56 bits per heavy atom. The number of imidazole rings is 1. The molecule has 2 aromatic heterocycles. The summed E-state index contributed by atoms with van der Waals surface area (Å²) in [5, 5.41) is 13.1. The van der Waals surface area contributed by atoms with Crippen LogP contribution in [0.1, 0.15) is 5.56 Å². The number of phenolic OH excluding ortho intramolecular Hbond substituents is 1. The molecule has 1 aromatic carbocycles. The molecule has 0 saturated carbocycles. The van der Waals surface area contributed by atoms with Crippen molar-refractivity contribution in [1.29, 1.82) is 0 Å². The number of nitrogens with zero attached hydrogens (tertiary/aromatic N) is 5. The van der Waals surface area contributed by atoms with Crippen molar-refractivity contribution in [2.75, 3.05) is 51.0 Å². The largest absolute Gasteiger partial charge is 0.508 e. The zero-order chi connectivity index (χ0) is 26.0. The number of hydrogen-bond donors (Lipinski definition) is 2. The molecule has 4 rings (SSSR count). The number of aryl methyl sites for hydroxylation is 1. The van der Waals surface area contributed by atoms with E-state index < -0.39 is 21.1 Å². The van der Waals surface area contributed by atoms with E-state index in [1.807, 2.05) is 0 Å². The van der Waals surface area contributed by atoms with Gasteiger partial charge in [-0.3, -0.25) is 18.8 Å². The zero-order valence-corrected chi connectivity index (χ0v) is 21.1. The van der Waals surface area contributed by atoms with Crippen molar-refractivity contribution in [2.45, 2.75) is 11.7 Å². The monoisotopic (exact) mass is 516 g/mol. The number of hydrogen-bond acceptors (Lipinski definition) is 9. The van der Waals surface area contributed by atoms with E-state index in [0.29, 0.717) is 17.8 Å². The Bertz CT molecular complexity index is 1590. The van der Waals surface area contributed by atoms with E-state index in [2.05, 4.69) is 27.0 Å². The Hall–Kier alpha value is -3.60. The number of sulfone groups is 1. The molecule has 2 N–H and O–H groups in total. The molecule has 192 valence electrons. The lowest BCUT2D eigenvalue weighted by Gasteiger charge is -2.26. The number of aromatic hydroxyl groups is 1. The molecule has 0 bridgehead atoms. The van der Waals surface area contributed by atoms with Crippen LogP contribution in [0, 0.1) is 11.8 Å². The second kappa shape index (κ2) is 10.2. The molecule has 0 atom stereocenters. The van der Waals surface area contributed by atoms with Crippen LogP contribution < -0.4 is 16.6 Å². The number of phenols is 1. The highest BCUT2D eigenvalue weighted by molar-refractivity contribution is 7.90. The van der Waals surface area contributed by atoms with Gasteiger partial charge in [-0.2, -0.15) is 4.98 Å². The summed E-state index contributed by atoms with van der Waals surface area (Å²) in [6, 6.07) is 4.89. The highest BCUT2D eigenvalue weighted by Gasteiger charge is 2.23. The molecule has 12 nitrogen and oxygen atoms in total. The maximum Gasteiger partial charge on any atom is 0.333 e. The highest BCUT2D eigenvalue weighted by Crippen LogP contribution is 2.19. The summed E-state index contributed by atoms with van der Waals surface area (Å²) in [5.41, 5.74) is -0.149. The van der Waals surface area contributed by atoms with Gasteiger partial charge in [0.25, 0.3) is 5.56 Å². The minimum Gasteiger partial charge on any atom is -0.508 e. The van der Waals surface area contributed by atoms with Gasteiger partial charge in [-0.05, 0) is 12.1 Å². The van der Waals surface area contributed by atoms with Gasteiger partial charge < -0.3 is 19.7 Å². The summed E-state index contributed by atoms with van der Waals surface area (Å²) in [6.45, 7) is 4.61. The molecule has 0 spiro atoms. The second-order valence-corrected chi connectivity index (χ2v) is 10.5.